The average Bonchev–Trinajstić information content (AvgIpc) is 2.04. The van der Waals surface area contributed by atoms with Crippen LogP contribution in [0.25, 0.3) is 16.7 Å². The lowest BCUT2D eigenvalue weighted by Crippen LogP contribution is -2.33. The molecule has 0 radical (unpaired) electrons. The summed E-state index contributed by atoms with van der Waals surface area (Å²) in [7, 11) is 0. The van der Waals surface area contributed by atoms with Gasteiger partial charge in [-0.3, -0.25) is 10.2 Å². The van der Waals surface area contributed by atoms with E-state index in [-0.39, 0.29) is 5.54 Å². The van der Waals surface area contributed by atoms with Crippen molar-refractivity contribution in [2.75, 3.05) is 0 Å². The largest absolute Gasteiger partial charge is 0.380 e. The van der Waals surface area contributed by atoms with Crippen LogP contribution in [0.15, 0.2) is 24.8 Å². The molecule has 1 aromatic heterocycles. The maximum atomic E-state index is 4.05. The second-order valence-corrected chi connectivity index (χ2v) is 4.86. The van der Waals surface area contributed by atoms with Crippen molar-refractivity contribution in [3.05, 3.63) is 30.3 Å². The first-order valence-electron chi connectivity index (χ1n) is 5.09. The van der Waals surface area contributed by atoms with Crippen molar-refractivity contribution in [3.63, 3.8) is 0 Å². The SMILES string of the molecule is C=C(NC(C)(C)C)c1ccc2[nH][nH]c2c1. The molecule has 0 atom stereocenters. The average molecular weight is 203 g/mol. The Morgan fingerprint density at radius 2 is 1.87 bits per heavy atom. The Morgan fingerprint density at radius 3 is 2.33 bits per heavy atom. The van der Waals surface area contributed by atoms with Crippen LogP contribution in [0.1, 0.15) is 26.3 Å². The highest BCUT2D eigenvalue weighted by Crippen LogP contribution is 2.18. The molecule has 0 aliphatic carbocycles. The number of aromatic nitrogens is 2. The number of hydrogen-bond acceptors (Lipinski definition) is 1. The first-order valence-corrected chi connectivity index (χ1v) is 5.09. The van der Waals surface area contributed by atoms with Gasteiger partial charge < -0.3 is 5.32 Å². The maximum Gasteiger partial charge on any atom is 0.0795 e. The molecule has 0 aliphatic heterocycles. The van der Waals surface area contributed by atoms with Gasteiger partial charge in [0, 0.05) is 11.2 Å². The lowest BCUT2D eigenvalue weighted by atomic mass is 10.1. The van der Waals surface area contributed by atoms with Crippen LogP contribution in [0, 0.1) is 0 Å². The highest BCUT2D eigenvalue weighted by molar-refractivity contribution is 5.80. The molecule has 3 heteroatoms. The van der Waals surface area contributed by atoms with Crippen LogP contribution in [0.4, 0.5) is 0 Å². The minimum Gasteiger partial charge on any atom is -0.380 e. The summed E-state index contributed by atoms with van der Waals surface area (Å²) in [6.07, 6.45) is 0. The molecular formula is C12H17N3. The first kappa shape index (κ1) is 9.90. The van der Waals surface area contributed by atoms with E-state index in [1.54, 1.807) is 0 Å². The Morgan fingerprint density at radius 1 is 1.20 bits per heavy atom. The standard InChI is InChI=1S/C12H17N3/c1-8(13-12(2,3)4)9-5-6-10-11(7-9)15-14-10/h5-7,13-15H,1H2,2-4H3. The quantitative estimate of drug-likeness (QED) is 0.690. The van der Waals surface area contributed by atoms with Crippen molar-refractivity contribution >= 4 is 16.7 Å². The molecule has 3 nitrogen and oxygen atoms in total. The molecule has 0 unspecified atom stereocenters. The third-order valence-corrected chi connectivity index (χ3v) is 2.23. The molecular weight excluding hydrogens is 186 g/mol. The third kappa shape index (κ3) is 2.06. The van der Waals surface area contributed by atoms with Crippen LogP contribution in [-0.2, 0) is 0 Å². The highest BCUT2D eigenvalue weighted by atomic mass is 15.1. The van der Waals surface area contributed by atoms with Gasteiger partial charge in [0.25, 0.3) is 0 Å². The van der Waals surface area contributed by atoms with E-state index < -0.39 is 0 Å². The molecule has 0 bridgehead atoms. The Kier molecular flexibility index (Phi) is 2.11. The lowest BCUT2D eigenvalue weighted by molar-refractivity contribution is 0.502. The monoisotopic (exact) mass is 203 g/mol. The van der Waals surface area contributed by atoms with Crippen molar-refractivity contribution in [2.24, 2.45) is 0 Å². The Hall–Kier alpha value is -1.64. The summed E-state index contributed by atoms with van der Waals surface area (Å²) in [4.78, 5) is 0. The fraction of sp³-hybridized carbons (Fsp3) is 0.333. The fourth-order valence-electron chi connectivity index (χ4n) is 1.54. The van der Waals surface area contributed by atoms with E-state index in [9.17, 15) is 0 Å². The van der Waals surface area contributed by atoms with E-state index in [2.05, 4.69) is 61.1 Å². The number of H-pyrrole nitrogens is 2. The summed E-state index contributed by atoms with van der Waals surface area (Å²) < 4.78 is 0. The highest BCUT2D eigenvalue weighted by Gasteiger charge is 2.11. The minimum atomic E-state index is 0.0473. The van der Waals surface area contributed by atoms with E-state index >= 15 is 0 Å². The van der Waals surface area contributed by atoms with Gasteiger partial charge in [-0.05, 0) is 38.5 Å². The first-order chi connectivity index (χ1) is 6.96. The van der Waals surface area contributed by atoms with Gasteiger partial charge in [0.05, 0.1) is 11.0 Å². The van der Waals surface area contributed by atoms with E-state index in [1.807, 2.05) is 0 Å². The predicted octanol–water partition coefficient (Wildman–Crippen LogP) is 2.85. The van der Waals surface area contributed by atoms with Gasteiger partial charge in [-0.1, -0.05) is 12.6 Å². The van der Waals surface area contributed by atoms with E-state index in [0.29, 0.717) is 0 Å². The Labute approximate surface area is 89.5 Å². The minimum absolute atomic E-state index is 0.0473. The number of rotatable bonds is 2. The van der Waals surface area contributed by atoms with Crippen LogP contribution >= 0.6 is 0 Å². The molecule has 80 valence electrons. The zero-order chi connectivity index (χ0) is 11.1. The molecule has 2 rings (SSSR count). The van der Waals surface area contributed by atoms with Crippen molar-refractivity contribution in [1.29, 1.82) is 0 Å². The molecule has 15 heavy (non-hydrogen) atoms. The molecule has 3 N–H and O–H groups in total. The number of aromatic amines is 2. The fourth-order valence-corrected chi connectivity index (χ4v) is 1.54. The Bertz CT molecular complexity index is 482. The summed E-state index contributed by atoms with van der Waals surface area (Å²) in [5.74, 6) is 0. The van der Waals surface area contributed by atoms with Crippen LogP contribution in [0.5, 0.6) is 0 Å². The summed E-state index contributed by atoms with van der Waals surface area (Å²) in [5, 5.41) is 9.40. The molecule has 2 aromatic rings. The summed E-state index contributed by atoms with van der Waals surface area (Å²) >= 11 is 0. The van der Waals surface area contributed by atoms with E-state index in [0.717, 1.165) is 22.3 Å². The summed E-state index contributed by atoms with van der Waals surface area (Å²) in [6.45, 7) is 10.4. The second kappa shape index (κ2) is 3.19. The van der Waals surface area contributed by atoms with Gasteiger partial charge in [-0.15, -0.1) is 0 Å². The number of hydrogen-bond donors (Lipinski definition) is 3. The smallest absolute Gasteiger partial charge is 0.0795 e. The van der Waals surface area contributed by atoms with Crippen molar-refractivity contribution in [3.8, 4) is 0 Å². The van der Waals surface area contributed by atoms with Crippen molar-refractivity contribution < 1.29 is 0 Å². The number of fused-ring (bicyclic) bond motifs is 1. The third-order valence-electron chi connectivity index (χ3n) is 2.23. The molecule has 0 spiro atoms. The summed E-state index contributed by atoms with van der Waals surface area (Å²) in [5.41, 5.74) is 4.40. The van der Waals surface area contributed by atoms with Crippen LogP contribution in [0.2, 0.25) is 0 Å². The van der Waals surface area contributed by atoms with Gasteiger partial charge in [-0.25, -0.2) is 0 Å². The van der Waals surface area contributed by atoms with E-state index in [4.69, 9.17) is 0 Å². The van der Waals surface area contributed by atoms with Gasteiger partial charge >= 0.3 is 0 Å². The predicted molar refractivity (Wildman–Crippen MR) is 64.6 cm³/mol. The number of benzene rings is 1. The lowest BCUT2D eigenvalue weighted by Gasteiger charge is -2.24. The number of nitrogens with one attached hydrogen (secondary N) is 3. The maximum absolute atomic E-state index is 4.05. The Balaban J connectivity index is 2.21. The van der Waals surface area contributed by atoms with Gasteiger partial charge in [0.2, 0.25) is 0 Å². The van der Waals surface area contributed by atoms with Gasteiger partial charge in [0.15, 0.2) is 0 Å². The van der Waals surface area contributed by atoms with Crippen LogP contribution < -0.4 is 5.32 Å². The van der Waals surface area contributed by atoms with Crippen molar-refractivity contribution in [1.82, 2.24) is 15.5 Å². The topological polar surface area (TPSA) is 43.6 Å². The van der Waals surface area contributed by atoms with E-state index in [1.165, 1.54) is 0 Å². The van der Waals surface area contributed by atoms with Crippen LogP contribution in [0.3, 0.4) is 0 Å². The van der Waals surface area contributed by atoms with Crippen LogP contribution in [-0.4, -0.2) is 15.7 Å². The molecule has 1 heterocycles. The molecule has 0 aliphatic rings. The molecule has 0 saturated heterocycles. The zero-order valence-corrected chi connectivity index (χ0v) is 9.44. The zero-order valence-electron chi connectivity index (χ0n) is 9.44. The normalized spacial score (nSPS) is 11.9. The molecule has 1 aromatic carbocycles. The van der Waals surface area contributed by atoms with Gasteiger partial charge in [0.1, 0.15) is 0 Å². The van der Waals surface area contributed by atoms with Crippen molar-refractivity contribution in [2.45, 2.75) is 26.3 Å². The summed E-state index contributed by atoms with van der Waals surface area (Å²) in [6, 6.07) is 6.21. The molecule has 0 amide bonds. The second-order valence-electron chi connectivity index (χ2n) is 4.86. The van der Waals surface area contributed by atoms with Gasteiger partial charge in [-0.2, -0.15) is 0 Å². The molecule has 0 fully saturated rings. The molecule has 0 saturated carbocycles.